The molecule has 0 aromatic carbocycles. The van der Waals surface area contributed by atoms with Crippen LogP contribution in [0.1, 0.15) is 24.6 Å². The lowest BCUT2D eigenvalue weighted by Gasteiger charge is -1.96. The Morgan fingerprint density at radius 3 is 2.31 bits per heavy atom. The van der Waals surface area contributed by atoms with E-state index in [0.29, 0.717) is 10.4 Å². The van der Waals surface area contributed by atoms with Gasteiger partial charge in [0.05, 0.1) is 0 Å². The number of thiophene rings is 1. The van der Waals surface area contributed by atoms with Gasteiger partial charge in [-0.2, -0.15) is 0 Å². The molecule has 2 nitrogen and oxygen atoms in total. The first-order valence-electron chi connectivity index (χ1n) is 3.56. The van der Waals surface area contributed by atoms with Gasteiger partial charge in [-0.25, -0.2) is 8.42 Å². The van der Waals surface area contributed by atoms with Crippen molar-refractivity contribution in [3.05, 3.63) is 15.4 Å². The maximum absolute atomic E-state index is 11.0. The van der Waals surface area contributed by atoms with E-state index in [2.05, 4.69) is 15.9 Å². The van der Waals surface area contributed by atoms with Crippen molar-refractivity contribution < 1.29 is 8.42 Å². The van der Waals surface area contributed by atoms with E-state index < -0.39 is 9.05 Å². The largest absolute Gasteiger partial charge is 0.271 e. The summed E-state index contributed by atoms with van der Waals surface area (Å²) in [6.45, 7) is 4.01. The molecule has 0 aliphatic carbocycles. The lowest BCUT2D eigenvalue weighted by molar-refractivity contribution is 0.611. The van der Waals surface area contributed by atoms with Crippen molar-refractivity contribution in [1.82, 2.24) is 0 Å². The van der Waals surface area contributed by atoms with Gasteiger partial charge in [-0.1, -0.05) is 13.8 Å². The lowest BCUT2D eigenvalue weighted by atomic mass is 10.2. The van der Waals surface area contributed by atoms with Crippen LogP contribution in [0.3, 0.4) is 0 Å². The van der Waals surface area contributed by atoms with Crippen LogP contribution in [0.25, 0.3) is 0 Å². The van der Waals surface area contributed by atoms with Crippen molar-refractivity contribution >= 4 is 47.0 Å². The molecule has 13 heavy (non-hydrogen) atoms. The standard InChI is InChI=1S/C7H8BrClO2S2/c1-4(2)6-3-5(8)7(12-6)13(9,10)11/h3-4H,1-2H3. The summed E-state index contributed by atoms with van der Waals surface area (Å²) in [5, 5.41) is 0. The Balaban J connectivity index is 3.27. The normalized spacial score (nSPS) is 12.4. The van der Waals surface area contributed by atoms with E-state index in [4.69, 9.17) is 10.7 Å². The molecule has 1 aromatic rings. The maximum atomic E-state index is 11.0. The Kier molecular flexibility index (Phi) is 3.43. The molecule has 0 radical (unpaired) electrons. The lowest BCUT2D eigenvalue weighted by Crippen LogP contribution is -1.85. The third kappa shape index (κ3) is 2.68. The first kappa shape index (κ1) is 11.5. The van der Waals surface area contributed by atoms with Gasteiger partial charge in [-0.05, 0) is 27.9 Å². The SMILES string of the molecule is CC(C)c1cc(Br)c(S(=O)(=O)Cl)s1. The summed E-state index contributed by atoms with van der Waals surface area (Å²) < 4.78 is 22.8. The molecule has 0 aliphatic rings. The first-order valence-corrected chi connectivity index (χ1v) is 7.48. The van der Waals surface area contributed by atoms with Gasteiger partial charge in [-0.15, -0.1) is 11.3 Å². The molecular formula is C7H8BrClO2S2. The summed E-state index contributed by atoms with van der Waals surface area (Å²) in [5.74, 6) is 0.313. The minimum Gasteiger partial charge on any atom is -0.206 e. The molecule has 0 fully saturated rings. The highest BCUT2D eigenvalue weighted by Crippen LogP contribution is 2.36. The van der Waals surface area contributed by atoms with Crippen LogP contribution in [0.15, 0.2) is 14.7 Å². The van der Waals surface area contributed by atoms with Crippen LogP contribution in [0.4, 0.5) is 0 Å². The molecule has 74 valence electrons. The number of halogens is 2. The average Bonchev–Trinajstić information content (AvgIpc) is 2.29. The highest BCUT2D eigenvalue weighted by molar-refractivity contribution is 9.10. The molecule has 6 heteroatoms. The Morgan fingerprint density at radius 1 is 1.54 bits per heavy atom. The fourth-order valence-electron chi connectivity index (χ4n) is 0.820. The second-order valence-corrected chi connectivity index (χ2v) is 7.58. The van der Waals surface area contributed by atoms with Gasteiger partial charge in [0.2, 0.25) is 0 Å². The van der Waals surface area contributed by atoms with Crippen LogP contribution in [0.5, 0.6) is 0 Å². The van der Waals surface area contributed by atoms with E-state index in [0.717, 1.165) is 4.88 Å². The Hall–Kier alpha value is 0.420. The van der Waals surface area contributed by atoms with Crippen LogP contribution < -0.4 is 0 Å². The van der Waals surface area contributed by atoms with Crippen LogP contribution in [-0.4, -0.2) is 8.42 Å². The van der Waals surface area contributed by atoms with Crippen molar-refractivity contribution in [2.75, 3.05) is 0 Å². The topological polar surface area (TPSA) is 34.1 Å². The molecule has 0 N–H and O–H groups in total. The molecule has 0 amide bonds. The van der Waals surface area contributed by atoms with Crippen molar-refractivity contribution in [1.29, 1.82) is 0 Å². The van der Waals surface area contributed by atoms with Gasteiger partial charge >= 0.3 is 0 Å². The van der Waals surface area contributed by atoms with E-state index in [1.807, 2.05) is 13.8 Å². The van der Waals surface area contributed by atoms with Crippen LogP contribution in [0.2, 0.25) is 0 Å². The molecule has 0 spiro atoms. The summed E-state index contributed by atoms with van der Waals surface area (Å²) in [7, 11) is 1.63. The Labute approximate surface area is 94.5 Å². The third-order valence-corrected chi connectivity index (χ3v) is 6.15. The first-order chi connectivity index (χ1) is 5.82. The summed E-state index contributed by atoms with van der Waals surface area (Å²) in [6, 6.07) is 1.80. The molecule has 0 atom stereocenters. The Bertz CT molecular complexity index is 408. The maximum Gasteiger partial charge on any atom is 0.271 e. The smallest absolute Gasteiger partial charge is 0.206 e. The summed E-state index contributed by atoms with van der Waals surface area (Å²) in [4.78, 5) is 1.01. The fraction of sp³-hybridized carbons (Fsp3) is 0.429. The average molecular weight is 304 g/mol. The Morgan fingerprint density at radius 2 is 2.08 bits per heavy atom. The molecule has 0 bridgehead atoms. The second-order valence-electron chi connectivity index (χ2n) is 2.88. The van der Waals surface area contributed by atoms with Gasteiger partial charge in [0.1, 0.15) is 4.21 Å². The third-order valence-electron chi connectivity index (χ3n) is 1.47. The molecule has 0 aliphatic heterocycles. The molecule has 1 aromatic heterocycles. The van der Waals surface area contributed by atoms with Gasteiger partial charge in [0.15, 0.2) is 0 Å². The monoisotopic (exact) mass is 302 g/mol. The predicted octanol–water partition coefficient (Wildman–Crippen LogP) is 3.56. The minimum atomic E-state index is -3.60. The van der Waals surface area contributed by atoms with Crippen LogP contribution >= 0.6 is 37.9 Å². The van der Waals surface area contributed by atoms with Crippen LogP contribution in [0, 0.1) is 0 Å². The van der Waals surface area contributed by atoms with Crippen LogP contribution in [-0.2, 0) is 9.05 Å². The number of hydrogen-bond acceptors (Lipinski definition) is 3. The van der Waals surface area contributed by atoms with Gasteiger partial charge in [0.25, 0.3) is 9.05 Å². The highest BCUT2D eigenvalue weighted by atomic mass is 79.9. The highest BCUT2D eigenvalue weighted by Gasteiger charge is 2.19. The van der Waals surface area contributed by atoms with E-state index >= 15 is 0 Å². The quantitative estimate of drug-likeness (QED) is 0.783. The number of hydrogen-bond donors (Lipinski definition) is 0. The van der Waals surface area contributed by atoms with Gasteiger partial charge < -0.3 is 0 Å². The molecule has 0 unspecified atom stereocenters. The number of rotatable bonds is 2. The summed E-state index contributed by atoms with van der Waals surface area (Å²) in [6.07, 6.45) is 0. The van der Waals surface area contributed by atoms with E-state index in [1.165, 1.54) is 11.3 Å². The molecule has 0 saturated carbocycles. The predicted molar refractivity (Wildman–Crippen MR) is 59.1 cm³/mol. The van der Waals surface area contributed by atoms with Crippen molar-refractivity contribution in [2.24, 2.45) is 0 Å². The van der Waals surface area contributed by atoms with E-state index in [-0.39, 0.29) is 4.21 Å². The second kappa shape index (κ2) is 3.88. The summed E-state index contributed by atoms with van der Waals surface area (Å²) in [5.41, 5.74) is 0. The molecule has 1 rings (SSSR count). The molecular weight excluding hydrogens is 296 g/mol. The summed E-state index contributed by atoms with van der Waals surface area (Å²) >= 11 is 4.38. The zero-order valence-electron chi connectivity index (χ0n) is 7.04. The van der Waals surface area contributed by atoms with Crippen molar-refractivity contribution in [2.45, 2.75) is 24.0 Å². The van der Waals surface area contributed by atoms with Gasteiger partial charge in [0, 0.05) is 20.0 Å². The van der Waals surface area contributed by atoms with E-state index in [9.17, 15) is 8.42 Å². The molecule has 0 saturated heterocycles. The minimum absolute atomic E-state index is 0.192. The fourth-order valence-corrected chi connectivity index (χ4v) is 4.67. The zero-order valence-corrected chi connectivity index (χ0v) is 11.0. The zero-order chi connectivity index (χ0) is 10.2. The van der Waals surface area contributed by atoms with Gasteiger partial charge in [-0.3, -0.25) is 0 Å². The van der Waals surface area contributed by atoms with Crippen molar-refractivity contribution in [3.63, 3.8) is 0 Å². The van der Waals surface area contributed by atoms with E-state index in [1.54, 1.807) is 6.07 Å². The van der Waals surface area contributed by atoms with Crippen molar-refractivity contribution in [3.8, 4) is 0 Å². The molecule has 1 heterocycles.